The number of rotatable bonds is 6. The van der Waals surface area contributed by atoms with Crippen LogP contribution in [0.1, 0.15) is 16.8 Å². The molecule has 0 N–H and O–H groups in total. The lowest BCUT2D eigenvalue weighted by molar-refractivity contribution is 0.0982. The van der Waals surface area contributed by atoms with Crippen LogP contribution in [0.3, 0.4) is 0 Å². The summed E-state index contributed by atoms with van der Waals surface area (Å²) in [6.07, 6.45) is 1.01. The van der Waals surface area contributed by atoms with Gasteiger partial charge in [0.1, 0.15) is 26.9 Å². The molecule has 18 heavy (non-hydrogen) atoms. The van der Waals surface area contributed by atoms with E-state index in [0.29, 0.717) is 11.5 Å². The van der Waals surface area contributed by atoms with Gasteiger partial charge in [-0.1, -0.05) is 6.07 Å². The fourth-order valence-electron chi connectivity index (χ4n) is 1.53. The predicted molar refractivity (Wildman–Crippen MR) is 68.2 cm³/mol. The summed E-state index contributed by atoms with van der Waals surface area (Å²) in [7, 11) is -0.276. The summed E-state index contributed by atoms with van der Waals surface area (Å²) in [4.78, 5) is 12.0. The average molecular weight is 272 g/mol. The van der Waals surface area contributed by atoms with Crippen molar-refractivity contribution in [2.45, 2.75) is 6.42 Å². The van der Waals surface area contributed by atoms with Crippen LogP contribution in [0.15, 0.2) is 18.2 Å². The SMILES string of the molecule is COc1cccc(OC)c1C(=O)CCS(C)(=O)=O. The van der Waals surface area contributed by atoms with Gasteiger partial charge in [-0.15, -0.1) is 0 Å². The van der Waals surface area contributed by atoms with Crippen molar-refractivity contribution in [3.05, 3.63) is 23.8 Å². The number of benzene rings is 1. The van der Waals surface area contributed by atoms with Gasteiger partial charge in [-0.2, -0.15) is 0 Å². The summed E-state index contributed by atoms with van der Waals surface area (Å²) in [5.41, 5.74) is 0.283. The molecule has 0 saturated heterocycles. The highest BCUT2D eigenvalue weighted by molar-refractivity contribution is 7.90. The van der Waals surface area contributed by atoms with E-state index in [2.05, 4.69) is 0 Å². The highest BCUT2D eigenvalue weighted by Crippen LogP contribution is 2.29. The largest absolute Gasteiger partial charge is 0.496 e. The number of Topliss-reactive ketones (excluding diaryl/α,β-unsaturated/α-hetero) is 1. The molecule has 0 aliphatic carbocycles. The third-order valence-electron chi connectivity index (χ3n) is 2.41. The minimum absolute atomic E-state index is 0.0877. The van der Waals surface area contributed by atoms with E-state index in [0.717, 1.165) is 6.26 Å². The zero-order valence-corrected chi connectivity index (χ0v) is 11.4. The summed E-state index contributed by atoms with van der Waals surface area (Å²) >= 11 is 0. The highest BCUT2D eigenvalue weighted by Gasteiger charge is 2.19. The van der Waals surface area contributed by atoms with Gasteiger partial charge >= 0.3 is 0 Å². The minimum Gasteiger partial charge on any atom is -0.496 e. The molecule has 0 aliphatic heterocycles. The van der Waals surface area contributed by atoms with E-state index in [4.69, 9.17) is 9.47 Å². The molecule has 0 atom stereocenters. The summed E-state index contributed by atoms with van der Waals surface area (Å²) < 4.78 is 32.3. The topological polar surface area (TPSA) is 69.7 Å². The smallest absolute Gasteiger partial charge is 0.171 e. The van der Waals surface area contributed by atoms with Gasteiger partial charge in [0.2, 0.25) is 0 Å². The number of ketones is 1. The van der Waals surface area contributed by atoms with Crippen molar-refractivity contribution in [1.29, 1.82) is 0 Å². The van der Waals surface area contributed by atoms with Crippen molar-refractivity contribution >= 4 is 15.6 Å². The molecule has 0 unspecified atom stereocenters. The van der Waals surface area contributed by atoms with Gasteiger partial charge in [0, 0.05) is 12.7 Å². The second kappa shape index (κ2) is 5.86. The fraction of sp³-hybridized carbons (Fsp3) is 0.417. The van der Waals surface area contributed by atoms with Gasteiger partial charge in [0.15, 0.2) is 5.78 Å². The molecule has 0 amide bonds. The first-order valence-corrected chi connectivity index (χ1v) is 7.37. The molecule has 100 valence electrons. The molecule has 1 aromatic carbocycles. The van der Waals surface area contributed by atoms with Crippen LogP contribution >= 0.6 is 0 Å². The number of carbonyl (C=O) groups excluding carboxylic acids is 1. The van der Waals surface area contributed by atoms with Gasteiger partial charge in [-0.25, -0.2) is 8.42 Å². The zero-order valence-electron chi connectivity index (χ0n) is 10.6. The van der Waals surface area contributed by atoms with Crippen LogP contribution in [0.5, 0.6) is 11.5 Å². The second-order valence-corrected chi connectivity index (χ2v) is 6.10. The van der Waals surface area contributed by atoms with Crippen LogP contribution in [-0.2, 0) is 9.84 Å². The van der Waals surface area contributed by atoms with Crippen molar-refractivity contribution in [3.63, 3.8) is 0 Å². The fourth-order valence-corrected chi connectivity index (χ4v) is 2.09. The van der Waals surface area contributed by atoms with E-state index in [1.54, 1.807) is 18.2 Å². The van der Waals surface area contributed by atoms with Crippen LogP contribution in [0.2, 0.25) is 0 Å². The Bertz CT molecular complexity index is 511. The molecule has 0 spiro atoms. The first-order chi connectivity index (χ1) is 8.39. The Morgan fingerprint density at radius 3 is 2.06 bits per heavy atom. The summed E-state index contributed by atoms with van der Waals surface area (Å²) in [5.74, 6) is 0.267. The van der Waals surface area contributed by atoms with E-state index in [1.807, 2.05) is 0 Å². The Morgan fingerprint density at radius 2 is 1.67 bits per heavy atom. The van der Waals surface area contributed by atoms with Crippen molar-refractivity contribution in [2.75, 3.05) is 26.2 Å². The third-order valence-corrected chi connectivity index (χ3v) is 3.35. The Morgan fingerprint density at radius 1 is 1.17 bits per heavy atom. The molecule has 0 bridgehead atoms. The maximum Gasteiger partial charge on any atom is 0.171 e. The lowest BCUT2D eigenvalue weighted by Gasteiger charge is -2.11. The number of hydrogen-bond donors (Lipinski definition) is 0. The van der Waals surface area contributed by atoms with Gasteiger partial charge in [0.05, 0.1) is 20.0 Å². The lowest BCUT2D eigenvalue weighted by Crippen LogP contribution is -2.11. The lowest BCUT2D eigenvalue weighted by atomic mass is 10.1. The summed E-state index contributed by atoms with van der Waals surface area (Å²) in [5, 5.41) is 0. The molecule has 0 radical (unpaired) electrons. The van der Waals surface area contributed by atoms with Crippen LogP contribution in [0.4, 0.5) is 0 Å². The summed E-state index contributed by atoms with van der Waals surface area (Å²) in [6, 6.07) is 4.97. The van der Waals surface area contributed by atoms with Crippen molar-refractivity contribution in [1.82, 2.24) is 0 Å². The molecule has 5 nitrogen and oxygen atoms in total. The minimum atomic E-state index is -3.17. The molecule has 0 aliphatic rings. The van der Waals surface area contributed by atoms with E-state index in [1.165, 1.54) is 14.2 Å². The van der Waals surface area contributed by atoms with Crippen molar-refractivity contribution < 1.29 is 22.7 Å². The Hall–Kier alpha value is -1.56. The van der Waals surface area contributed by atoms with Crippen molar-refractivity contribution in [2.24, 2.45) is 0 Å². The quantitative estimate of drug-likeness (QED) is 0.730. The number of methoxy groups -OCH3 is 2. The first-order valence-electron chi connectivity index (χ1n) is 5.31. The highest BCUT2D eigenvalue weighted by atomic mass is 32.2. The third kappa shape index (κ3) is 3.73. The normalized spacial score (nSPS) is 11.1. The maximum atomic E-state index is 12.0. The monoisotopic (exact) mass is 272 g/mol. The van der Waals surface area contributed by atoms with Crippen molar-refractivity contribution in [3.8, 4) is 11.5 Å². The van der Waals surface area contributed by atoms with Gasteiger partial charge in [-0.3, -0.25) is 4.79 Å². The molecule has 0 saturated carbocycles. The van der Waals surface area contributed by atoms with Crippen LogP contribution in [-0.4, -0.2) is 40.4 Å². The Kier molecular flexibility index (Phi) is 4.72. The standard InChI is InChI=1S/C12H16O5S/c1-16-10-5-4-6-11(17-2)12(10)9(13)7-8-18(3,14)15/h4-6H,7-8H2,1-3H3. The van der Waals surface area contributed by atoms with Crippen LogP contribution in [0.25, 0.3) is 0 Å². The van der Waals surface area contributed by atoms with Gasteiger partial charge in [-0.05, 0) is 12.1 Å². The average Bonchev–Trinajstić information content (AvgIpc) is 2.33. The van der Waals surface area contributed by atoms with Crippen LogP contribution in [0, 0.1) is 0 Å². The number of hydrogen-bond acceptors (Lipinski definition) is 5. The predicted octanol–water partition coefficient (Wildman–Crippen LogP) is 1.32. The molecule has 0 heterocycles. The number of sulfone groups is 1. The molecule has 1 aromatic rings. The molecular formula is C12H16O5S. The summed E-state index contributed by atoms with van der Waals surface area (Å²) in [6.45, 7) is 0. The molecular weight excluding hydrogens is 256 g/mol. The Labute approximate surface area is 107 Å². The first kappa shape index (κ1) is 14.5. The molecule has 1 rings (SSSR count). The Balaban J connectivity index is 3.03. The van der Waals surface area contributed by atoms with E-state index in [9.17, 15) is 13.2 Å². The molecule has 0 fully saturated rings. The number of ether oxygens (including phenoxy) is 2. The number of carbonyl (C=O) groups is 1. The van der Waals surface area contributed by atoms with E-state index >= 15 is 0 Å². The van der Waals surface area contributed by atoms with Gasteiger partial charge < -0.3 is 9.47 Å². The molecule has 0 aromatic heterocycles. The van der Waals surface area contributed by atoms with Crippen LogP contribution < -0.4 is 9.47 Å². The zero-order chi connectivity index (χ0) is 13.8. The van der Waals surface area contributed by atoms with Gasteiger partial charge in [0.25, 0.3) is 0 Å². The maximum absolute atomic E-state index is 12.0. The van der Waals surface area contributed by atoms with E-state index < -0.39 is 9.84 Å². The van der Waals surface area contributed by atoms with E-state index in [-0.39, 0.29) is 23.5 Å². The molecule has 6 heteroatoms. The second-order valence-electron chi connectivity index (χ2n) is 3.84.